The topological polar surface area (TPSA) is 79.5 Å². The molecule has 2 rings (SSSR count). The highest BCUT2D eigenvalue weighted by molar-refractivity contribution is 5.95. The Balaban J connectivity index is 2.88. The van der Waals surface area contributed by atoms with Crippen LogP contribution in [0, 0.1) is 0 Å². The van der Waals surface area contributed by atoms with Gasteiger partial charge in [0.2, 0.25) is 0 Å². The summed E-state index contributed by atoms with van der Waals surface area (Å²) in [5.74, 6) is -1.49. The third kappa shape index (κ3) is 2.96. The molecule has 0 aliphatic heterocycles. The summed E-state index contributed by atoms with van der Waals surface area (Å²) in [6.07, 6.45) is -4.70. The van der Waals surface area contributed by atoms with E-state index in [1.807, 2.05) is 0 Å². The van der Waals surface area contributed by atoms with Crippen LogP contribution in [-0.4, -0.2) is 27.4 Å². The van der Waals surface area contributed by atoms with E-state index < -0.39 is 28.8 Å². The van der Waals surface area contributed by atoms with Crippen LogP contribution in [0.4, 0.5) is 13.2 Å². The predicted octanol–water partition coefficient (Wildman–Crippen LogP) is 2.10. The fourth-order valence-electron chi connectivity index (χ4n) is 2.24. The largest absolute Gasteiger partial charge is 0.478 e. The quantitative estimate of drug-likeness (QED) is 0.905. The summed E-state index contributed by atoms with van der Waals surface area (Å²) >= 11 is 0. The molecule has 22 heavy (non-hydrogen) atoms. The average molecular weight is 315 g/mol. The number of hydrogen-bond acceptors (Lipinski definition) is 3. The van der Waals surface area contributed by atoms with Gasteiger partial charge in [-0.05, 0) is 30.0 Å². The first-order valence-electron chi connectivity index (χ1n) is 6.34. The summed E-state index contributed by atoms with van der Waals surface area (Å²) in [5.41, 5.74) is -2.71. The van der Waals surface area contributed by atoms with E-state index in [1.54, 1.807) is 0 Å². The molecule has 1 heterocycles. The molecule has 118 valence electrons. The Kier molecular flexibility index (Phi) is 4.23. The molecule has 0 aliphatic rings. The van der Waals surface area contributed by atoms with E-state index >= 15 is 0 Å². The number of hydrogen-bond donors (Lipinski definition) is 2. The zero-order chi connectivity index (χ0) is 16.5. The van der Waals surface area contributed by atoms with Crippen molar-refractivity contribution < 1.29 is 28.2 Å². The van der Waals surface area contributed by atoms with E-state index in [0.717, 1.165) is 22.8 Å². The van der Waals surface area contributed by atoms with E-state index in [4.69, 9.17) is 10.2 Å². The number of benzene rings is 1. The first-order chi connectivity index (χ1) is 10.3. The van der Waals surface area contributed by atoms with Crippen molar-refractivity contribution in [2.45, 2.75) is 19.1 Å². The molecule has 2 N–H and O–H groups in total. The maximum atomic E-state index is 13.2. The number of aromatic nitrogens is 1. The maximum absolute atomic E-state index is 13.2. The van der Waals surface area contributed by atoms with Crippen LogP contribution in [0.25, 0.3) is 10.9 Å². The van der Waals surface area contributed by atoms with E-state index in [1.165, 1.54) is 0 Å². The number of carboxylic acids is 1. The van der Waals surface area contributed by atoms with Crippen molar-refractivity contribution in [3.8, 4) is 0 Å². The zero-order valence-corrected chi connectivity index (χ0v) is 11.2. The average Bonchev–Trinajstić information content (AvgIpc) is 2.44. The lowest BCUT2D eigenvalue weighted by Gasteiger charge is -2.16. The van der Waals surface area contributed by atoms with E-state index in [2.05, 4.69) is 0 Å². The van der Waals surface area contributed by atoms with Gasteiger partial charge in [0.1, 0.15) is 0 Å². The van der Waals surface area contributed by atoms with Crippen LogP contribution in [0.2, 0.25) is 0 Å². The minimum Gasteiger partial charge on any atom is -0.478 e. The summed E-state index contributed by atoms with van der Waals surface area (Å²) < 4.78 is 40.6. The highest BCUT2D eigenvalue weighted by atomic mass is 19.4. The van der Waals surface area contributed by atoms with Crippen LogP contribution < -0.4 is 5.56 Å². The molecule has 0 spiro atoms. The molecule has 8 heteroatoms. The minimum absolute atomic E-state index is 0.00441. The summed E-state index contributed by atoms with van der Waals surface area (Å²) in [6, 6.07) is 3.83. The van der Waals surface area contributed by atoms with Gasteiger partial charge in [0.05, 0.1) is 16.6 Å². The number of carboxylic acid groups (broad SMARTS) is 1. The van der Waals surface area contributed by atoms with Gasteiger partial charge >= 0.3 is 12.1 Å². The van der Waals surface area contributed by atoms with Gasteiger partial charge in [0, 0.05) is 19.2 Å². The van der Waals surface area contributed by atoms with Crippen LogP contribution in [0.1, 0.15) is 22.3 Å². The Morgan fingerprint density at radius 3 is 2.45 bits per heavy atom. The SMILES string of the molecule is O=C(O)c1cc(C(F)(F)F)c2c(ccc(=O)n2CCCO)c1. The highest BCUT2D eigenvalue weighted by Crippen LogP contribution is 2.35. The molecule has 1 aromatic carbocycles. The van der Waals surface area contributed by atoms with Crippen molar-refractivity contribution in [1.29, 1.82) is 0 Å². The molecule has 0 fully saturated rings. The van der Waals surface area contributed by atoms with Crippen molar-refractivity contribution in [3.05, 3.63) is 45.7 Å². The van der Waals surface area contributed by atoms with Gasteiger partial charge in [0.15, 0.2) is 0 Å². The van der Waals surface area contributed by atoms with Gasteiger partial charge in [-0.1, -0.05) is 0 Å². The fraction of sp³-hybridized carbons (Fsp3) is 0.286. The highest BCUT2D eigenvalue weighted by Gasteiger charge is 2.35. The third-order valence-electron chi connectivity index (χ3n) is 3.17. The predicted molar refractivity (Wildman–Crippen MR) is 71.9 cm³/mol. The Bertz CT molecular complexity index is 780. The van der Waals surface area contributed by atoms with E-state index in [9.17, 15) is 22.8 Å². The lowest BCUT2D eigenvalue weighted by Crippen LogP contribution is -2.23. The number of alkyl halides is 3. The molecule has 0 saturated heterocycles. The summed E-state index contributed by atoms with van der Waals surface area (Å²) in [4.78, 5) is 22.8. The van der Waals surface area contributed by atoms with Crippen molar-refractivity contribution >= 4 is 16.9 Å². The Hall–Kier alpha value is -2.35. The molecule has 2 aromatic rings. The molecule has 0 saturated carbocycles. The number of pyridine rings is 1. The van der Waals surface area contributed by atoms with Gasteiger partial charge < -0.3 is 14.8 Å². The second-order valence-electron chi connectivity index (χ2n) is 4.66. The monoisotopic (exact) mass is 315 g/mol. The van der Waals surface area contributed by atoms with Gasteiger partial charge in [0.25, 0.3) is 5.56 Å². The van der Waals surface area contributed by atoms with Crippen molar-refractivity contribution in [2.75, 3.05) is 6.61 Å². The summed E-state index contributed by atoms with van der Waals surface area (Å²) in [6.45, 7) is -0.375. The number of halogens is 3. The van der Waals surface area contributed by atoms with Crippen molar-refractivity contribution in [3.63, 3.8) is 0 Å². The smallest absolute Gasteiger partial charge is 0.418 e. The van der Waals surface area contributed by atoms with E-state index in [-0.39, 0.29) is 30.5 Å². The standard InChI is InChI=1S/C14H12F3NO4/c15-14(16,17)10-7-9(13(21)22)6-8-2-3-11(20)18(12(8)10)4-1-5-19/h2-3,6-7,19H,1,4-5H2,(H,21,22). The second-order valence-corrected chi connectivity index (χ2v) is 4.66. The van der Waals surface area contributed by atoms with Crippen LogP contribution in [0.3, 0.4) is 0 Å². The Labute approximate surface area is 122 Å². The molecule has 0 bridgehead atoms. The normalized spacial score (nSPS) is 11.8. The summed E-state index contributed by atoms with van der Waals surface area (Å²) in [7, 11) is 0. The molecule has 0 unspecified atom stereocenters. The molecule has 0 amide bonds. The molecule has 1 aromatic heterocycles. The van der Waals surface area contributed by atoms with Crippen LogP contribution in [-0.2, 0) is 12.7 Å². The first kappa shape index (κ1) is 16.0. The number of nitrogens with zero attached hydrogens (tertiary/aromatic N) is 1. The number of carbonyl (C=O) groups is 1. The zero-order valence-electron chi connectivity index (χ0n) is 11.2. The number of fused-ring (bicyclic) bond motifs is 1. The minimum atomic E-state index is -4.81. The Morgan fingerprint density at radius 1 is 1.23 bits per heavy atom. The fourth-order valence-corrected chi connectivity index (χ4v) is 2.24. The lowest BCUT2D eigenvalue weighted by atomic mass is 10.0. The van der Waals surface area contributed by atoms with Gasteiger partial charge in [-0.2, -0.15) is 13.2 Å². The molecular formula is C14H12F3NO4. The lowest BCUT2D eigenvalue weighted by molar-refractivity contribution is -0.136. The number of aromatic carboxylic acids is 1. The van der Waals surface area contributed by atoms with Crippen molar-refractivity contribution in [1.82, 2.24) is 4.57 Å². The van der Waals surface area contributed by atoms with Gasteiger partial charge in [-0.3, -0.25) is 4.79 Å². The molecule has 0 atom stereocenters. The van der Waals surface area contributed by atoms with E-state index in [0.29, 0.717) is 6.07 Å². The molecule has 0 radical (unpaired) electrons. The van der Waals surface area contributed by atoms with Crippen molar-refractivity contribution in [2.24, 2.45) is 0 Å². The molecular weight excluding hydrogens is 303 g/mol. The van der Waals surface area contributed by atoms with Gasteiger partial charge in [-0.25, -0.2) is 4.79 Å². The number of aryl methyl sites for hydroxylation is 1. The summed E-state index contributed by atoms with van der Waals surface area (Å²) in [5, 5.41) is 17.8. The number of aliphatic hydroxyl groups excluding tert-OH is 1. The Morgan fingerprint density at radius 2 is 1.91 bits per heavy atom. The maximum Gasteiger partial charge on any atom is 0.418 e. The molecule has 0 aliphatic carbocycles. The first-order valence-corrected chi connectivity index (χ1v) is 6.34. The van der Waals surface area contributed by atoms with Gasteiger partial charge in [-0.15, -0.1) is 0 Å². The number of aliphatic hydroxyl groups is 1. The van der Waals surface area contributed by atoms with Crippen LogP contribution in [0.15, 0.2) is 29.1 Å². The number of rotatable bonds is 4. The van der Waals surface area contributed by atoms with Crippen LogP contribution >= 0.6 is 0 Å². The third-order valence-corrected chi connectivity index (χ3v) is 3.17. The van der Waals surface area contributed by atoms with Crippen LogP contribution in [0.5, 0.6) is 0 Å². The second kappa shape index (κ2) is 5.80. The molecule has 5 nitrogen and oxygen atoms in total.